The molecule has 3 N–H and O–H groups in total. The van der Waals surface area contributed by atoms with Gasteiger partial charge in [0.1, 0.15) is 11.3 Å². The normalized spacial score (nSPS) is 15.9. The van der Waals surface area contributed by atoms with Gasteiger partial charge in [-0.1, -0.05) is 29.8 Å². The van der Waals surface area contributed by atoms with Gasteiger partial charge < -0.3 is 20.3 Å². The number of rotatable bonds is 7. The van der Waals surface area contributed by atoms with Gasteiger partial charge in [0.25, 0.3) is 0 Å². The second-order valence-electron chi connectivity index (χ2n) is 7.61. The second kappa shape index (κ2) is 10.8. The smallest absolute Gasteiger partial charge is 0.341 e. The van der Waals surface area contributed by atoms with Crippen molar-refractivity contribution in [2.75, 3.05) is 6.54 Å². The SMILES string of the molecule is Cl.O=C(O)c1cccnc1Oc1ccc2c(c1)C[C@@H](NC[C@H](O)c1cccc(Cl)c1)CC2. The number of hydrogen-bond acceptors (Lipinski definition) is 5. The van der Waals surface area contributed by atoms with Gasteiger partial charge in [0.05, 0.1) is 6.10 Å². The van der Waals surface area contributed by atoms with Crippen molar-refractivity contribution in [2.24, 2.45) is 0 Å². The number of aliphatic hydroxyl groups excluding tert-OH is 1. The molecule has 1 aromatic heterocycles. The van der Waals surface area contributed by atoms with E-state index in [4.69, 9.17) is 16.3 Å². The van der Waals surface area contributed by atoms with Crippen molar-refractivity contribution in [1.82, 2.24) is 10.3 Å². The summed E-state index contributed by atoms with van der Waals surface area (Å²) >= 11 is 6.01. The lowest BCUT2D eigenvalue weighted by atomic mass is 9.88. The molecule has 1 aliphatic rings. The number of ether oxygens (including phenoxy) is 1. The van der Waals surface area contributed by atoms with Crippen LogP contribution in [0.4, 0.5) is 0 Å². The average Bonchev–Trinajstić information content (AvgIpc) is 2.77. The van der Waals surface area contributed by atoms with E-state index in [1.807, 2.05) is 30.3 Å². The lowest BCUT2D eigenvalue weighted by Crippen LogP contribution is -2.37. The van der Waals surface area contributed by atoms with Crippen LogP contribution >= 0.6 is 24.0 Å². The average molecular weight is 475 g/mol. The number of carbonyl (C=O) groups is 1. The van der Waals surface area contributed by atoms with Gasteiger partial charge in [0, 0.05) is 23.8 Å². The molecule has 0 spiro atoms. The maximum Gasteiger partial charge on any atom is 0.341 e. The van der Waals surface area contributed by atoms with Gasteiger partial charge in [-0.3, -0.25) is 0 Å². The van der Waals surface area contributed by atoms with Crippen molar-refractivity contribution in [3.63, 3.8) is 0 Å². The van der Waals surface area contributed by atoms with Crippen LogP contribution < -0.4 is 10.1 Å². The number of benzene rings is 2. The molecule has 2 atom stereocenters. The fourth-order valence-electron chi connectivity index (χ4n) is 3.83. The zero-order valence-corrected chi connectivity index (χ0v) is 18.8. The standard InChI is InChI=1S/C24H23ClN2O4.ClH/c25-18-4-1-3-16(11-18)22(28)14-27-19-8-6-15-7-9-20(13-17(15)12-19)31-23-21(24(29)30)5-2-10-26-23;/h1-5,7,9-11,13,19,22,27-28H,6,8,12,14H2,(H,29,30);1H/t19-,22-;/m0./s1. The molecule has 32 heavy (non-hydrogen) atoms. The summed E-state index contributed by atoms with van der Waals surface area (Å²) < 4.78 is 5.77. The Morgan fingerprint density at radius 3 is 2.81 bits per heavy atom. The van der Waals surface area contributed by atoms with Crippen LogP contribution in [-0.4, -0.2) is 33.8 Å². The topological polar surface area (TPSA) is 91.7 Å². The predicted octanol–water partition coefficient (Wildman–Crippen LogP) is 4.83. The first kappa shape index (κ1) is 24.0. The van der Waals surface area contributed by atoms with Crippen LogP contribution in [0.2, 0.25) is 5.02 Å². The lowest BCUT2D eigenvalue weighted by Gasteiger charge is -2.27. The van der Waals surface area contributed by atoms with E-state index in [-0.39, 0.29) is 29.9 Å². The van der Waals surface area contributed by atoms with Gasteiger partial charge in [-0.15, -0.1) is 12.4 Å². The van der Waals surface area contributed by atoms with E-state index < -0.39 is 12.1 Å². The first-order chi connectivity index (χ1) is 15.0. The van der Waals surface area contributed by atoms with Gasteiger partial charge >= 0.3 is 5.97 Å². The number of halogens is 2. The van der Waals surface area contributed by atoms with Crippen molar-refractivity contribution >= 4 is 30.0 Å². The number of carboxylic acid groups (broad SMARTS) is 1. The number of pyridine rings is 1. The number of aryl methyl sites for hydroxylation is 1. The van der Waals surface area contributed by atoms with Crippen molar-refractivity contribution < 1.29 is 19.7 Å². The van der Waals surface area contributed by atoms with Crippen molar-refractivity contribution in [2.45, 2.75) is 31.4 Å². The molecule has 0 radical (unpaired) electrons. The molecule has 1 aliphatic carbocycles. The molecule has 3 aromatic rings. The number of nitrogens with zero attached hydrogens (tertiary/aromatic N) is 1. The molecule has 1 heterocycles. The minimum atomic E-state index is -1.08. The van der Waals surface area contributed by atoms with Crippen LogP contribution in [0.1, 0.15) is 39.6 Å². The Bertz CT molecular complexity index is 1090. The zero-order chi connectivity index (χ0) is 21.8. The Hall–Kier alpha value is -2.64. The molecule has 0 saturated carbocycles. The Morgan fingerprint density at radius 2 is 2.03 bits per heavy atom. The Morgan fingerprint density at radius 1 is 1.19 bits per heavy atom. The molecule has 2 aromatic carbocycles. The first-order valence-corrected chi connectivity index (χ1v) is 10.5. The van der Waals surface area contributed by atoms with E-state index in [2.05, 4.69) is 10.3 Å². The molecular formula is C24H24Cl2N2O4. The van der Waals surface area contributed by atoms with Gasteiger partial charge in [0.2, 0.25) is 5.88 Å². The third-order valence-corrected chi connectivity index (χ3v) is 5.69. The summed E-state index contributed by atoms with van der Waals surface area (Å²) in [6.07, 6.45) is 3.56. The third-order valence-electron chi connectivity index (χ3n) is 5.46. The number of nitrogens with one attached hydrogen (secondary N) is 1. The van der Waals surface area contributed by atoms with Crippen molar-refractivity contribution in [1.29, 1.82) is 0 Å². The molecule has 0 unspecified atom stereocenters. The monoisotopic (exact) mass is 474 g/mol. The largest absolute Gasteiger partial charge is 0.477 e. The molecule has 4 rings (SSSR count). The Balaban J connectivity index is 0.00000289. The molecule has 0 saturated heterocycles. The molecule has 8 heteroatoms. The molecule has 6 nitrogen and oxygen atoms in total. The summed E-state index contributed by atoms with van der Waals surface area (Å²) in [5.74, 6) is -0.451. The van der Waals surface area contributed by atoms with E-state index >= 15 is 0 Å². The number of fused-ring (bicyclic) bond motifs is 1. The highest BCUT2D eigenvalue weighted by Gasteiger charge is 2.21. The number of aromatic carboxylic acids is 1. The number of carboxylic acids is 1. The van der Waals surface area contributed by atoms with E-state index in [1.165, 1.54) is 17.8 Å². The highest BCUT2D eigenvalue weighted by atomic mass is 35.5. The number of hydrogen-bond donors (Lipinski definition) is 3. The van der Waals surface area contributed by atoms with Gasteiger partial charge in [-0.05, 0) is 72.4 Å². The van der Waals surface area contributed by atoms with Crippen LogP contribution in [0.5, 0.6) is 11.6 Å². The molecule has 0 fully saturated rings. The predicted molar refractivity (Wildman–Crippen MR) is 125 cm³/mol. The maximum atomic E-state index is 11.4. The van der Waals surface area contributed by atoms with Crippen LogP contribution in [0.25, 0.3) is 0 Å². The summed E-state index contributed by atoms with van der Waals surface area (Å²) in [7, 11) is 0. The minimum absolute atomic E-state index is 0. The van der Waals surface area contributed by atoms with Crippen LogP contribution in [-0.2, 0) is 12.8 Å². The molecular weight excluding hydrogens is 451 g/mol. The summed E-state index contributed by atoms with van der Waals surface area (Å²) in [4.78, 5) is 15.4. The maximum absolute atomic E-state index is 11.4. The Labute approximate surface area is 197 Å². The highest BCUT2D eigenvalue weighted by molar-refractivity contribution is 6.30. The summed E-state index contributed by atoms with van der Waals surface area (Å²) in [5.41, 5.74) is 3.21. The fourth-order valence-corrected chi connectivity index (χ4v) is 4.03. The number of aliphatic hydroxyl groups is 1. The van der Waals surface area contributed by atoms with Gasteiger partial charge in [0.15, 0.2) is 0 Å². The van der Waals surface area contributed by atoms with E-state index in [0.29, 0.717) is 17.3 Å². The quantitative estimate of drug-likeness (QED) is 0.454. The fraction of sp³-hybridized carbons (Fsp3) is 0.250. The third kappa shape index (κ3) is 5.78. The molecule has 168 valence electrons. The van der Waals surface area contributed by atoms with Crippen LogP contribution in [0.15, 0.2) is 60.8 Å². The molecule has 0 bridgehead atoms. The summed E-state index contributed by atoms with van der Waals surface area (Å²) in [6, 6.07) is 16.3. The number of aromatic nitrogens is 1. The Kier molecular flexibility index (Phi) is 8.10. The van der Waals surface area contributed by atoms with Crippen LogP contribution in [0, 0.1) is 0 Å². The molecule has 0 aliphatic heterocycles. The zero-order valence-electron chi connectivity index (χ0n) is 17.2. The van der Waals surface area contributed by atoms with Crippen LogP contribution in [0.3, 0.4) is 0 Å². The van der Waals surface area contributed by atoms with E-state index in [0.717, 1.165) is 30.4 Å². The van der Waals surface area contributed by atoms with Gasteiger partial charge in [-0.25, -0.2) is 9.78 Å². The second-order valence-corrected chi connectivity index (χ2v) is 8.05. The summed E-state index contributed by atoms with van der Waals surface area (Å²) in [5, 5.41) is 23.8. The summed E-state index contributed by atoms with van der Waals surface area (Å²) in [6.45, 7) is 0.437. The minimum Gasteiger partial charge on any atom is -0.477 e. The highest BCUT2D eigenvalue weighted by Crippen LogP contribution is 2.29. The van der Waals surface area contributed by atoms with Crippen molar-refractivity contribution in [3.05, 3.63) is 88.1 Å². The van der Waals surface area contributed by atoms with Crippen molar-refractivity contribution in [3.8, 4) is 11.6 Å². The molecule has 0 amide bonds. The van der Waals surface area contributed by atoms with Gasteiger partial charge in [-0.2, -0.15) is 0 Å². The van der Waals surface area contributed by atoms with E-state index in [1.54, 1.807) is 18.2 Å². The lowest BCUT2D eigenvalue weighted by molar-refractivity contribution is 0.0693. The van der Waals surface area contributed by atoms with E-state index in [9.17, 15) is 15.0 Å². The first-order valence-electron chi connectivity index (χ1n) is 10.1.